The summed E-state index contributed by atoms with van der Waals surface area (Å²) in [6.45, 7) is 1.11. The summed E-state index contributed by atoms with van der Waals surface area (Å²) in [4.78, 5) is 22.6. The first-order valence-electron chi connectivity index (χ1n) is 6.01. The van der Waals surface area contributed by atoms with Gasteiger partial charge in [0.1, 0.15) is 0 Å². The second kappa shape index (κ2) is 5.64. The van der Waals surface area contributed by atoms with Crippen LogP contribution < -0.4 is 10.6 Å². The number of hydrogen-bond acceptors (Lipinski definition) is 3. The minimum Gasteiger partial charge on any atom is -0.478 e. The van der Waals surface area contributed by atoms with Gasteiger partial charge in [-0.1, -0.05) is 18.2 Å². The predicted octanol–water partition coefficient (Wildman–Crippen LogP) is 0.753. The molecule has 1 heterocycles. The third kappa shape index (κ3) is 2.87. The van der Waals surface area contributed by atoms with Crippen LogP contribution in [0, 0.1) is 0 Å². The SMILES string of the molecule is O=C(O)c1ccccc1CNC1CCCNC1=O. The molecule has 1 amide bonds. The summed E-state index contributed by atoms with van der Waals surface area (Å²) in [6.07, 6.45) is 1.74. The van der Waals surface area contributed by atoms with Gasteiger partial charge in [0.2, 0.25) is 5.91 Å². The average molecular weight is 248 g/mol. The maximum absolute atomic E-state index is 11.5. The van der Waals surface area contributed by atoms with Crippen LogP contribution in [0.2, 0.25) is 0 Å². The molecule has 1 aliphatic rings. The molecule has 1 aromatic rings. The Hall–Kier alpha value is -1.88. The van der Waals surface area contributed by atoms with Crippen molar-refractivity contribution < 1.29 is 14.7 Å². The summed E-state index contributed by atoms with van der Waals surface area (Å²) in [5, 5.41) is 14.9. The largest absolute Gasteiger partial charge is 0.478 e. The number of aromatic carboxylic acids is 1. The van der Waals surface area contributed by atoms with Gasteiger partial charge in [-0.05, 0) is 24.5 Å². The lowest BCUT2D eigenvalue weighted by Crippen LogP contribution is -2.48. The predicted molar refractivity (Wildman–Crippen MR) is 66.3 cm³/mol. The lowest BCUT2D eigenvalue weighted by Gasteiger charge is -2.23. The molecule has 0 spiro atoms. The van der Waals surface area contributed by atoms with Crippen molar-refractivity contribution >= 4 is 11.9 Å². The van der Waals surface area contributed by atoms with Crippen molar-refractivity contribution in [2.75, 3.05) is 6.54 Å². The van der Waals surface area contributed by atoms with Gasteiger partial charge in [0.05, 0.1) is 11.6 Å². The van der Waals surface area contributed by atoms with E-state index in [0.717, 1.165) is 19.4 Å². The molecule has 0 saturated carbocycles. The number of carbonyl (C=O) groups excluding carboxylic acids is 1. The first-order valence-corrected chi connectivity index (χ1v) is 6.01. The molecule has 96 valence electrons. The van der Waals surface area contributed by atoms with E-state index in [0.29, 0.717) is 12.1 Å². The minimum absolute atomic E-state index is 0.00550. The number of benzene rings is 1. The Morgan fingerprint density at radius 1 is 1.44 bits per heavy atom. The van der Waals surface area contributed by atoms with Crippen LogP contribution in [0.4, 0.5) is 0 Å². The maximum Gasteiger partial charge on any atom is 0.336 e. The molecule has 0 aliphatic carbocycles. The van der Waals surface area contributed by atoms with Crippen LogP contribution in [0.15, 0.2) is 24.3 Å². The summed E-state index contributed by atoms with van der Waals surface area (Å²) in [6, 6.07) is 6.60. The molecule has 1 atom stereocenters. The van der Waals surface area contributed by atoms with Gasteiger partial charge in [-0.25, -0.2) is 4.79 Å². The van der Waals surface area contributed by atoms with Crippen molar-refractivity contribution in [1.82, 2.24) is 10.6 Å². The Morgan fingerprint density at radius 3 is 2.94 bits per heavy atom. The average Bonchev–Trinajstić information content (AvgIpc) is 2.38. The highest BCUT2D eigenvalue weighted by Gasteiger charge is 2.21. The topological polar surface area (TPSA) is 78.4 Å². The Morgan fingerprint density at radius 2 is 2.22 bits per heavy atom. The molecule has 1 aromatic carbocycles. The molecule has 0 bridgehead atoms. The number of nitrogens with one attached hydrogen (secondary N) is 2. The minimum atomic E-state index is -0.944. The van der Waals surface area contributed by atoms with E-state index < -0.39 is 5.97 Å². The molecular formula is C13H16N2O3. The van der Waals surface area contributed by atoms with Gasteiger partial charge in [0.25, 0.3) is 0 Å². The van der Waals surface area contributed by atoms with E-state index in [-0.39, 0.29) is 17.5 Å². The van der Waals surface area contributed by atoms with E-state index in [1.54, 1.807) is 24.3 Å². The molecule has 1 aliphatic heterocycles. The Kier molecular flexibility index (Phi) is 3.94. The summed E-state index contributed by atoms with van der Waals surface area (Å²) >= 11 is 0. The summed E-state index contributed by atoms with van der Waals surface area (Å²) in [5.41, 5.74) is 0.976. The van der Waals surface area contributed by atoms with Gasteiger partial charge in [-0.2, -0.15) is 0 Å². The first-order chi connectivity index (χ1) is 8.68. The fraction of sp³-hybridized carbons (Fsp3) is 0.385. The maximum atomic E-state index is 11.5. The highest BCUT2D eigenvalue weighted by atomic mass is 16.4. The molecule has 5 nitrogen and oxygen atoms in total. The lowest BCUT2D eigenvalue weighted by molar-refractivity contribution is -0.124. The molecule has 0 radical (unpaired) electrons. The number of carbonyl (C=O) groups is 2. The van der Waals surface area contributed by atoms with E-state index >= 15 is 0 Å². The van der Waals surface area contributed by atoms with Gasteiger partial charge < -0.3 is 15.7 Å². The van der Waals surface area contributed by atoms with Crippen molar-refractivity contribution in [2.45, 2.75) is 25.4 Å². The van der Waals surface area contributed by atoms with E-state index in [9.17, 15) is 9.59 Å². The number of amides is 1. The van der Waals surface area contributed by atoms with Crippen molar-refractivity contribution in [3.63, 3.8) is 0 Å². The van der Waals surface area contributed by atoms with Gasteiger partial charge in [-0.3, -0.25) is 4.79 Å². The van der Waals surface area contributed by atoms with E-state index in [1.807, 2.05) is 0 Å². The van der Waals surface area contributed by atoms with Crippen LogP contribution in [-0.2, 0) is 11.3 Å². The second-order valence-electron chi connectivity index (χ2n) is 4.33. The number of carboxylic acid groups (broad SMARTS) is 1. The lowest BCUT2D eigenvalue weighted by atomic mass is 10.0. The zero-order chi connectivity index (χ0) is 13.0. The third-order valence-electron chi connectivity index (χ3n) is 3.07. The van der Waals surface area contributed by atoms with Gasteiger partial charge >= 0.3 is 5.97 Å². The fourth-order valence-corrected chi connectivity index (χ4v) is 2.08. The molecule has 18 heavy (non-hydrogen) atoms. The van der Waals surface area contributed by atoms with Gasteiger partial charge in [0.15, 0.2) is 0 Å². The summed E-state index contributed by atoms with van der Waals surface area (Å²) in [7, 11) is 0. The third-order valence-corrected chi connectivity index (χ3v) is 3.07. The molecule has 2 rings (SSSR count). The van der Waals surface area contributed by atoms with Crippen LogP contribution in [0.5, 0.6) is 0 Å². The Labute approximate surface area is 105 Å². The molecule has 1 fully saturated rings. The molecular weight excluding hydrogens is 232 g/mol. The van der Waals surface area contributed by atoms with Crippen LogP contribution in [0.25, 0.3) is 0 Å². The first kappa shape index (κ1) is 12.6. The monoisotopic (exact) mass is 248 g/mol. The number of hydrogen-bond donors (Lipinski definition) is 3. The molecule has 1 unspecified atom stereocenters. The summed E-state index contributed by atoms with van der Waals surface area (Å²) < 4.78 is 0. The standard InChI is InChI=1S/C13H16N2O3/c16-12-11(6-3-7-14-12)15-8-9-4-1-2-5-10(9)13(17)18/h1-2,4-5,11,15H,3,6-8H2,(H,14,16)(H,17,18). The molecule has 0 aromatic heterocycles. The quantitative estimate of drug-likeness (QED) is 0.735. The number of piperidine rings is 1. The molecule has 1 saturated heterocycles. The number of carboxylic acids is 1. The van der Waals surface area contributed by atoms with Gasteiger partial charge in [-0.15, -0.1) is 0 Å². The van der Waals surface area contributed by atoms with E-state index in [1.165, 1.54) is 0 Å². The molecule has 5 heteroatoms. The van der Waals surface area contributed by atoms with Crippen LogP contribution >= 0.6 is 0 Å². The van der Waals surface area contributed by atoms with Crippen molar-refractivity contribution in [1.29, 1.82) is 0 Å². The highest BCUT2D eigenvalue weighted by Crippen LogP contribution is 2.10. The van der Waals surface area contributed by atoms with E-state index in [2.05, 4.69) is 10.6 Å². The van der Waals surface area contributed by atoms with Crippen molar-refractivity contribution in [3.05, 3.63) is 35.4 Å². The number of rotatable bonds is 4. The zero-order valence-corrected chi connectivity index (χ0v) is 9.98. The highest BCUT2D eigenvalue weighted by molar-refractivity contribution is 5.89. The Bertz CT molecular complexity index is 459. The van der Waals surface area contributed by atoms with E-state index in [4.69, 9.17) is 5.11 Å². The Balaban J connectivity index is 2.01. The van der Waals surface area contributed by atoms with Crippen LogP contribution in [-0.4, -0.2) is 29.6 Å². The second-order valence-corrected chi connectivity index (χ2v) is 4.33. The van der Waals surface area contributed by atoms with Crippen molar-refractivity contribution in [2.24, 2.45) is 0 Å². The van der Waals surface area contributed by atoms with Crippen LogP contribution in [0.1, 0.15) is 28.8 Å². The smallest absolute Gasteiger partial charge is 0.336 e. The van der Waals surface area contributed by atoms with Crippen molar-refractivity contribution in [3.8, 4) is 0 Å². The molecule has 3 N–H and O–H groups in total. The fourth-order valence-electron chi connectivity index (χ4n) is 2.08. The summed E-state index contributed by atoms with van der Waals surface area (Å²) in [5.74, 6) is -0.949. The normalized spacial score (nSPS) is 19.3. The van der Waals surface area contributed by atoms with Gasteiger partial charge in [0, 0.05) is 13.1 Å². The van der Waals surface area contributed by atoms with Crippen LogP contribution in [0.3, 0.4) is 0 Å². The zero-order valence-electron chi connectivity index (χ0n) is 9.98.